The molecule has 1 amide bonds. The molecule has 8 heteroatoms. The summed E-state index contributed by atoms with van der Waals surface area (Å²) in [5, 5.41) is 4.20. The molecule has 0 aliphatic carbocycles. The second-order valence-corrected chi connectivity index (χ2v) is 9.77. The second-order valence-electron chi connectivity index (χ2n) is 9.77. The van der Waals surface area contributed by atoms with Gasteiger partial charge in [-0.05, 0) is 57.2 Å². The minimum Gasteiger partial charge on any atom is -0.493 e. The van der Waals surface area contributed by atoms with Crippen molar-refractivity contribution in [2.45, 2.75) is 26.4 Å². The van der Waals surface area contributed by atoms with E-state index >= 15 is 0 Å². The number of hydrogen-bond acceptors (Lipinski definition) is 6. The average Bonchev–Trinajstić information content (AvgIpc) is 3.27. The Hall–Kier alpha value is -4.85. The van der Waals surface area contributed by atoms with Crippen molar-refractivity contribution in [3.8, 4) is 17.0 Å². The van der Waals surface area contributed by atoms with Crippen LogP contribution in [0.5, 0.6) is 5.75 Å². The number of benzene rings is 3. The predicted molar refractivity (Wildman–Crippen MR) is 146 cm³/mol. The lowest BCUT2D eigenvalue weighted by Gasteiger charge is -2.21. The molecule has 0 aliphatic heterocycles. The van der Waals surface area contributed by atoms with Crippen molar-refractivity contribution in [2.75, 3.05) is 12.4 Å². The highest BCUT2D eigenvalue weighted by Gasteiger charge is 2.23. The molecule has 5 aromatic rings. The molecule has 0 radical (unpaired) electrons. The fraction of sp³-hybridized carbons (Fsp3) is 0.167. The first-order valence-electron chi connectivity index (χ1n) is 12.0. The maximum Gasteiger partial charge on any atom is 0.419 e. The van der Waals surface area contributed by atoms with Crippen LogP contribution in [0.1, 0.15) is 31.1 Å². The van der Waals surface area contributed by atoms with Crippen molar-refractivity contribution in [2.24, 2.45) is 0 Å². The number of amides is 1. The molecule has 192 valence electrons. The summed E-state index contributed by atoms with van der Waals surface area (Å²) in [5.74, 6) is -0.215. The first-order chi connectivity index (χ1) is 18.1. The molecule has 0 saturated heterocycles. The molecule has 0 saturated carbocycles. The molecule has 38 heavy (non-hydrogen) atoms. The largest absolute Gasteiger partial charge is 0.493 e. The van der Waals surface area contributed by atoms with Gasteiger partial charge in [-0.25, -0.2) is 14.2 Å². The number of nitrogens with zero attached hydrogens (tertiary/aromatic N) is 1. The van der Waals surface area contributed by atoms with Gasteiger partial charge in [-0.3, -0.25) is 4.79 Å². The maximum atomic E-state index is 13.2. The lowest BCUT2D eigenvalue weighted by Crippen LogP contribution is -2.27. The second kappa shape index (κ2) is 9.55. The number of fused-ring (bicyclic) bond motifs is 2. The van der Waals surface area contributed by atoms with E-state index < -0.39 is 23.2 Å². The zero-order valence-corrected chi connectivity index (χ0v) is 21.4. The number of methoxy groups -OCH3 is 1. The Kier molecular flexibility index (Phi) is 6.24. The Labute approximate surface area is 218 Å². The molecule has 8 nitrogen and oxygen atoms in total. The number of nitrogens with one attached hydrogen (secondary N) is 1. The molecule has 2 aromatic heterocycles. The van der Waals surface area contributed by atoms with Crippen molar-refractivity contribution in [1.29, 1.82) is 0 Å². The summed E-state index contributed by atoms with van der Waals surface area (Å²) in [5.41, 5.74) is 1.11. The number of aromatic nitrogens is 1. The number of para-hydroxylation sites is 2. The summed E-state index contributed by atoms with van der Waals surface area (Å²) in [7, 11) is 1.48. The normalized spacial score (nSPS) is 11.5. The van der Waals surface area contributed by atoms with Gasteiger partial charge in [-0.2, -0.15) is 0 Å². The van der Waals surface area contributed by atoms with Crippen LogP contribution in [0.4, 0.5) is 10.5 Å². The van der Waals surface area contributed by atoms with E-state index in [2.05, 4.69) is 5.32 Å². The molecule has 0 atom stereocenters. The van der Waals surface area contributed by atoms with Gasteiger partial charge in [0, 0.05) is 22.0 Å². The van der Waals surface area contributed by atoms with E-state index in [1.165, 1.54) is 17.7 Å². The molecular weight excluding hydrogens is 484 g/mol. The molecule has 0 unspecified atom stereocenters. The molecule has 0 aliphatic rings. The highest BCUT2D eigenvalue weighted by Crippen LogP contribution is 2.31. The monoisotopic (exact) mass is 510 g/mol. The Morgan fingerprint density at radius 2 is 1.63 bits per heavy atom. The van der Waals surface area contributed by atoms with E-state index in [1.54, 1.807) is 36.4 Å². The number of ether oxygens (including phenoxy) is 2. The maximum absolute atomic E-state index is 13.2. The third-order valence-corrected chi connectivity index (χ3v) is 5.89. The zero-order chi connectivity index (χ0) is 27.0. The van der Waals surface area contributed by atoms with E-state index in [4.69, 9.17) is 13.9 Å². The number of rotatable bonds is 4. The number of carbonyl (C=O) groups excluding carboxylic acids is 2. The standard InChI is InChI=1S/C30H26N2O6/c1-30(2,3)38-29(35)32-23-13-6-5-9-19(23)17-24(32)18-10-7-12-21(15-18)31-27(33)22-16-20-11-8-14-25(36-4)26(20)37-28(22)34/h5-17H,1-4H3,(H,31,33). The first kappa shape index (κ1) is 24.8. The molecule has 0 spiro atoms. The van der Waals surface area contributed by atoms with Crippen molar-refractivity contribution in [1.82, 2.24) is 4.57 Å². The summed E-state index contributed by atoms with van der Waals surface area (Å²) in [6.45, 7) is 5.43. The molecule has 1 N–H and O–H groups in total. The summed E-state index contributed by atoms with van der Waals surface area (Å²) in [6, 6.07) is 23.1. The SMILES string of the molecule is COc1cccc2cc(C(=O)Nc3cccc(-c4cc5ccccc5n4C(=O)OC(C)(C)C)c3)c(=O)oc12. The van der Waals surface area contributed by atoms with E-state index in [1.807, 2.05) is 57.2 Å². The first-order valence-corrected chi connectivity index (χ1v) is 12.0. The average molecular weight is 511 g/mol. The van der Waals surface area contributed by atoms with Crippen LogP contribution >= 0.6 is 0 Å². The Morgan fingerprint density at radius 1 is 0.895 bits per heavy atom. The summed E-state index contributed by atoms with van der Waals surface area (Å²) >= 11 is 0. The quantitative estimate of drug-likeness (QED) is 0.279. The molecule has 0 bridgehead atoms. The molecule has 2 heterocycles. The van der Waals surface area contributed by atoms with Crippen LogP contribution in [-0.2, 0) is 4.74 Å². The van der Waals surface area contributed by atoms with Gasteiger partial charge in [0.05, 0.1) is 18.3 Å². The number of carbonyl (C=O) groups is 2. The highest BCUT2D eigenvalue weighted by atomic mass is 16.6. The number of hydrogen-bond donors (Lipinski definition) is 1. The van der Waals surface area contributed by atoms with Crippen molar-refractivity contribution >= 4 is 39.6 Å². The minimum atomic E-state index is -0.777. The minimum absolute atomic E-state index is 0.140. The van der Waals surface area contributed by atoms with Gasteiger partial charge in [0.1, 0.15) is 11.2 Å². The fourth-order valence-electron chi connectivity index (χ4n) is 4.26. The molecule has 3 aromatic carbocycles. The third-order valence-electron chi connectivity index (χ3n) is 5.89. The van der Waals surface area contributed by atoms with E-state index in [0.717, 1.165) is 5.39 Å². The van der Waals surface area contributed by atoms with Gasteiger partial charge in [0.25, 0.3) is 5.91 Å². The van der Waals surface area contributed by atoms with Crippen molar-refractivity contribution in [3.05, 3.63) is 94.8 Å². The Morgan fingerprint density at radius 3 is 2.39 bits per heavy atom. The molecule has 0 fully saturated rings. The van der Waals surface area contributed by atoms with Crippen LogP contribution in [0.25, 0.3) is 33.1 Å². The molecular formula is C30H26N2O6. The van der Waals surface area contributed by atoms with Crippen molar-refractivity contribution < 1.29 is 23.5 Å². The highest BCUT2D eigenvalue weighted by molar-refractivity contribution is 6.06. The summed E-state index contributed by atoms with van der Waals surface area (Å²) in [6.07, 6.45) is -0.507. The fourth-order valence-corrected chi connectivity index (χ4v) is 4.26. The number of anilines is 1. The lowest BCUT2D eigenvalue weighted by atomic mass is 10.1. The van der Waals surface area contributed by atoms with Crippen LogP contribution < -0.4 is 15.7 Å². The van der Waals surface area contributed by atoms with Gasteiger partial charge in [0.15, 0.2) is 11.3 Å². The van der Waals surface area contributed by atoms with Gasteiger partial charge < -0.3 is 19.2 Å². The van der Waals surface area contributed by atoms with E-state index in [-0.39, 0.29) is 11.1 Å². The Bertz CT molecular complexity index is 1760. The topological polar surface area (TPSA) is 99.8 Å². The van der Waals surface area contributed by atoms with Gasteiger partial charge >= 0.3 is 11.7 Å². The van der Waals surface area contributed by atoms with Crippen LogP contribution in [0.3, 0.4) is 0 Å². The smallest absolute Gasteiger partial charge is 0.419 e. The van der Waals surface area contributed by atoms with E-state index in [0.29, 0.717) is 33.6 Å². The van der Waals surface area contributed by atoms with Gasteiger partial charge in [-0.1, -0.05) is 42.5 Å². The van der Waals surface area contributed by atoms with Crippen LogP contribution in [0.2, 0.25) is 0 Å². The Balaban J connectivity index is 1.51. The predicted octanol–water partition coefficient (Wildman–Crippen LogP) is 6.46. The third kappa shape index (κ3) is 4.76. The van der Waals surface area contributed by atoms with Crippen LogP contribution in [-0.4, -0.2) is 29.3 Å². The van der Waals surface area contributed by atoms with Gasteiger partial charge in [0.2, 0.25) is 0 Å². The van der Waals surface area contributed by atoms with Gasteiger partial charge in [-0.15, -0.1) is 0 Å². The summed E-state index contributed by atoms with van der Waals surface area (Å²) < 4.78 is 17.8. The van der Waals surface area contributed by atoms with Crippen molar-refractivity contribution in [3.63, 3.8) is 0 Å². The summed E-state index contributed by atoms with van der Waals surface area (Å²) in [4.78, 5) is 38.9. The van der Waals surface area contributed by atoms with Crippen LogP contribution in [0, 0.1) is 0 Å². The molecule has 5 rings (SSSR count). The lowest BCUT2D eigenvalue weighted by molar-refractivity contribution is 0.0547. The zero-order valence-electron chi connectivity index (χ0n) is 21.4. The van der Waals surface area contributed by atoms with Crippen LogP contribution in [0.15, 0.2) is 88.1 Å². The van der Waals surface area contributed by atoms with E-state index in [9.17, 15) is 14.4 Å².